The van der Waals surface area contributed by atoms with Gasteiger partial charge >= 0.3 is 0 Å². The predicted molar refractivity (Wildman–Crippen MR) is 55.9 cm³/mol. The molecule has 0 radical (unpaired) electrons. The van der Waals surface area contributed by atoms with Crippen LogP contribution in [0.2, 0.25) is 0 Å². The Hall–Kier alpha value is -1.71. The second-order valence-corrected chi connectivity index (χ2v) is 3.02. The number of methoxy groups -OCH3 is 1. The van der Waals surface area contributed by atoms with E-state index in [1.54, 1.807) is 23.4 Å². The Morgan fingerprint density at radius 3 is 2.64 bits per heavy atom. The molecule has 0 saturated carbocycles. The summed E-state index contributed by atoms with van der Waals surface area (Å²) in [6, 6.07) is 5.13. The van der Waals surface area contributed by atoms with E-state index in [9.17, 15) is 5.11 Å². The molecule has 4 nitrogen and oxygen atoms in total. The minimum atomic E-state index is 0.121. The molecule has 0 unspecified atom stereocenters. The van der Waals surface area contributed by atoms with Crippen LogP contribution in [-0.4, -0.2) is 37.5 Å². The molecule has 0 amide bonds. The fourth-order valence-electron chi connectivity index (χ4n) is 0.969. The molecule has 0 aliphatic carbocycles. The number of rotatable bonds is 3. The molecular weight excluding hydrogens is 180 g/mol. The summed E-state index contributed by atoms with van der Waals surface area (Å²) in [6.45, 7) is 0. The first-order valence-corrected chi connectivity index (χ1v) is 4.22. The van der Waals surface area contributed by atoms with Gasteiger partial charge in [0.15, 0.2) is 11.5 Å². The van der Waals surface area contributed by atoms with Crippen LogP contribution in [0.15, 0.2) is 23.3 Å². The Labute approximate surface area is 83.4 Å². The van der Waals surface area contributed by atoms with Crippen LogP contribution in [0.25, 0.3) is 0 Å². The van der Waals surface area contributed by atoms with Crippen LogP contribution < -0.4 is 4.74 Å². The molecule has 0 heterocycles. The molecule has 0 aromatic heterocycles. The van der Waals surface area contributed by atoms with Crippen molar-refractivity contribution in [1.29, 1.82) is 0 Å². The van der Waals surface area contributed by atoms with Crippen LogP contribution in [-0.2, 0) is 0 Å². The first-order chi connectivity index (χ1) is 6.63. The second kappa shape index (κ2) is 4.50. The first-order valence-electron chi connectivity index (χ1n) is 4.22. The number of aromatic hydroxyl groups is 1. The molecule has 76 valence electrons. The van der Waals surface area contributed by atoms with E-state index in [1.807, 2.05) is 20.2 Å². The van der Waals surface area contributed by atoms with Gasteiger partial charge in [-0.15, -0.1) is 0 Å². The van der Waals surface area contributed by atoms with E-state index in [0.29, 0.717) is 5.75 Å². The molecule has 4 heteroatoms. The molecular formula is C10H14N2O2. The molecule has 0 aliphatic heterocycles. The summed E-state index contributed by atoms with van der Waals surface area (Å²) in [6.07, 6.45) is 1.67. The summed E-state index contributed by atoms with van der Waals surface area (Å²) in [5.41, 5.74) is 0.831. The number of phenols is 1. The van der Waals surface area contributed by atoms with Crippen molar-refractivity contribution >= 4 is 6.21 Å². The summed E-state index contributed by atoms with van der Waals surface area (Å²) in [7, 11) is 5.18. The largest absolute Gasteiger partial charge is 0.504 e. The second-order valence-electron chi connectivity index (χ2n) is 3.02. The highest BCUT2D eigenvalue weighted by Crippen LogP contribution is 2.25. The van der Waals surface area contributed by atoms with Gasteiger partial charge in [-0.1, -0.05) is 0 Å². The highest BCUT2D eigenvalue weighted by Gasteiger charge is 2.00. The monoisotopic (exact) mass is 194 g/mol. The van der Waals surface area contributed by atoms with Gasteiger partial charge in [-0.05, 0) is 23.8 Å². The Bertz CT molecular complexity index is 335. The maximum atomic E-state index is 9.46. The Kier molecular flexibility index (Phi) is 3.34. The lowest BCUT2D eigenvalue weighted by Gasteiger charge is -2.04. The van der Waals surface area contributed by atoms with Crippen molar-refractivity contribution in [3.63, 3.8) is 0 Å². The Balaban J connectivity index is 2.86. The number of phenolic OH excluding ortho intramolecular Hbond substituents is 1. The van der Waals surface area contributed by atoms with E-state index in [0.717, 1.165) is 5.56 Å². The van der Waals surface area contributed by atoms with E-state index >= 15 is 0 Å². The molecule has 0 saturated heterocycles. The van der Waals surface area contributed by atoms with Gasteiger partial charge in [0.05, 0.1) is 13.3 Å². The minimum Gasteiger partial charge on any atom is -0.504 e. The fraction of sp³-hybridized carbons (Fsp3) is 0.300. The zero-order valence-electron chi connectivity index (χ0n) is 8.56. The number of hydrogen-bond donors (Lipinski definition) is 1. The smallest absolute Gasteiger partial charge is 0.160 e. The van der Waals surface area contributed by atoms with Gasteiger partial charge in [0.1, 0.15) is 0 Å². The molecule has 1 aromatic rings. The molecule has 1 N–H and O–H groups in total. The van der Waals surface area contributed by atoms with Crippen LogP contribution in [0.1, 0.15) is 5.56 Å². The summed E-state index contributed by atoms with van der Waals surface area (Å²) in [5, 5.41) is 15.2. The van der Waals surface area contributed by atoms with Gasteiger partial charge < -0.3 is 14.9 Å². The van der Waals surface area contributed by atoms with Gasteiger partial charge in [-0.25, -0.2) is 0 Å². The fourth-order valence-corrected chi connectivity index (χ4v) is 0.969. The van der Waals surface area contributed by atoms with Crippen LogP contribution in [0, 0.1) is 0 Å². The van der Waals surface area contributed by atoms with Crippen molar-refractivity contribution in [1.82, 2.24) is 5.01 Å². The number of ether oxygens (including phenoxy) is 1. The summed E-state index contributed by atoms with van der Waals surface area (Å²) in [5.74, 6) is 0.585. The Morgan fingerprint density at radius 2 is 2.14 bits per heavy atom. The van der Waals surface area contributed by atoms with E-state index in [2.05, 4.69) is 5.10 Å². The normalized spacial score (nSPS) is 10.5. The SMILES string of the molecule is COc1ccc(/C=N/N(C)C)cc1O. The van der Waals surface area contributed by atoms with Gasteiger partial charge in [0.25, 0.3) is 0 Å². The standard InChI is InChI=1S/C10H14N2O2/c1-12(2)11-7-8-4-5-10(14-3)9(13)6-8/h4-7,13H,1-3H3/b11-7+. The molecule has 0 spiro atoms. The van der Waals surface area contributed by atoms with Gasteiger partial charge in [-0.2, -0.15) is 5.10 Å². The number of hydrogen-bond acceptors (Lipinski definition) is 4. The van der Waals surface area contributed by atoms with E-state index < -0.39 is 0 Å². The van der Waals surface area contributed by atoms with Crippen LogP contribution in [0.3, 0.4) is 0 Å². The number of benzene rings is 1. The molecule has 1 rings (SSSR count). The van der Waals surface area contributed by atoms with Crippen molar-refractivity contribution in [2.45, 2.75) is 0 Å². The third-order valence-electron chi connectivity index (χ3n) is 1.64. The average Bonchev–Trinajstić information content (AvgIpc) is 2.15. The van der Waals surface area contributed by atoms with Gasteiger partial charge in [-0.3, -0.25) is 0 Å². The van der Waals surface area contributed by atoms with E-state index in [-0.39, 0.29) is 5.75 Å². The zero-order valence-corrected chi connectivity index (χ0v) is 8.56. The average molecular weight is 194 g/mol. The van der Waals surface area contributed by atoms with E-state index in [1.165, 1.54) is 7.11 Å². The van der Waals surface area contributed by atoms with Gasteiger partial charge in [0, 0.05) is 14.1 Å². The third-order valence-corrected chi connectivity index (χ3v) is 1.64. The van der Waals surface area contributed by atoms with Crippen LogP contribution in [0.5, 0.6) is 11.5 Å². The first kappa shape index (κ1) is 10.4. The summed E-state index contributed by atoms with van der Waals surface area (Å²) < 4.78 is 4.92. The molecule has 0 bridgehead atoms. The van der Waals surface area contributed by atoms with Crippen molar-refractivity contribution in [3.8, 4) is 11.5 Å². The lowest BCUT2D eigenvalue weighted by Crippen LogP contribution is -2.01. The topological polar surface area (TPSA) is 45.1 Å². The third kappa shape index (κ3) is 2.65. The molecule has 0 fully saturated rings. The van der Waals surface area contributed by atoms with Crippen molar-refractivity contribution < 1.29 is 9.84 Å². The lowest BCUT2D eigenvalue weighted by molar-refractivity contribution is 0.373. The van der Waals surface area contributed by atoms with Crippen LogP contribution in [0.4, 0.5) is 0 Å². The van der Waals surface area contributed by atoms with Gasteiger partial charge in [0.2, 0.25) is 0 Å². The zero-order chi connectivity index (χ0) is 10.6. The Morgan fingerprint density at radius 1 is 1.43 bits per heavy atom. The highest BCUT2D eigenvalue weighted by molar-refractivity contribution is 5.80. The molecule has 0 atom stereocenters. The molecule has 0 aliphatic rings. The van der Waals surface area contributed by atoms with Crippen molar-refractivity contribution in [2.24, 2.45) is 5.10 Å². The molecule has 1 aromatic carbocycles. The highest BCUT2D eigenvalue weighted by atomic mass is 16.5. The maximum Gasteiger partial charge on any atom is 0.160 e. The van der Waals surface area contributed by atoms with Crippen LogP contribution >= 0.6 is 0 Å². The van der Waals surface area contributed by atoms with Crippen molar-refractivity contribution in [2.75, 3.05) is 21.2 Å². The number of hydrazone groups is 1. The summed E-state index contributed by atoms with van der Waals surface area (Å²) >= 11 is 0. The maximum absolute atomic E-state index is 9.46. The van der Waals surface area contributed by atoms with Crippen molar-refractivity contribution in [3.05, 3.63) is 23.8 Å². The molecule has 14 heavy (non-hydrogen) atoms. The van der Waals surface area contributed by atoms with E-state index in [4.69, 9.17) is 4.74 Å². The summed E-state index contributed by atoms with van der Waals surface area (Å²) in [4.78, 5) is 0. The number of nitrogens with zero attached hydrogens (tertiary/aromatic N) is 2. The lowest BCUT2D eigenvalue weighted by atomic mass is 10.2. The predicted octanol–water partition coefficient (Wildman–Crippen LogP) is 1.30. The quantitative estimate of drug-likeness (QED) is 0.582. The minimum absolute atomic E-state index is 0.121.